The first kappa shape index (κ1) is 9.24. The summed E-state index contributed by atoms with van der Waals surface area (Å²) < 4.78 is 0.818. The summed E-state index contributed by atoms with van der Waals surface area (Å²) >= 11 is 2.02. The van der Waals surface area contributed by atoms with E-state index in [0.29, 0.717) is 5.69 Å². The maximum atomic E-state index is 10.5. The molecule has 1 aromatic heterocycles. The zero-order valence-corrected chi connectivity index (χ0v) is 8.28. The van der Waals surface area contributed by atoms with Gasteiger partial charge in [-0.1, -0.05) is 0 Å². The van der Waals surface area contributed by atoms with E-state index in [1.54, 1.807) is 6.20 Å². The van der Waals surface area contributed by atoms with E-state index in [-0.39, 0.29) is 12.2 Å². The topological polar surface area (TPSA) is 76.2 Å². The standard InChI is InChI=1S/C7H7IN2O2/c8-4-1-6(11)5(10-3-4)2-7(9)12/h1,3,11H,2H2,(H2,9,12). The molecule has 1 amide bonds. The van der Waals surface area contributed by atoms with E-state index >= 15 is 0 Å². The van der Waals surface area contributed by atoms with Crippen LogP contribution in [-0.2, 0) is 11.2 Å². The molecule has 1 heterocycles. The molecule has 0 saturated heterocycles. The number of aromatic hydroxyl groups is 1. The average molecular weight is 278 g/mol. The first-order valence-corrected chi connectivity index (χ1v) is 4.29. The molecule has 1 rings (SSSR count). The van der Waals surface area contributed by atoms with E-state index in [4.69, 9.17) is 5.73 Å². The second-order valence-electron chi connectivity index (χ2n) is 2.26. The van der Waals surface area contributed by atoms with Crippen LogP contribution in [0.2, 0.25) is 0 Å². The zero-order chi connectivity index (χ0) is 9.14. The van der Waals surface area contributed by atoms with Crippen LogP contribution in [0.15, 0.2) is 12.3 Å². The van der Waals surface area contributed by atoms with Crippen LogP contribution in [0.4, 0.5) is 0 Å². The number of amides is 1. The third-order valence-corrected chi connectivity index (χ3v) is 1.85. The van der Waals surface area contributed by atoms with Gasteiger partial charge in [0.25, 0.3) is 0 Å². The summed E-state index contributed by atoms with van der Waals surface area (Å²) in [7, 11) is 0. The van der Waals surface area contributed by atoms with Gasteiger partial charge in [-0.25, -0.2) is 0 Å². The highest BCUT2D eigenvalue weighted by molar-refractivity contribution is 14.1. The van der Waals surface area contributed by atoms with E-state index in [1.165, 1.54) is 6.07 Å². The van der Waals surface area contributed by atoms with Crippen molar-refractivity contribution in [2.45, 2.75) is 6.42 Å². The molecule has 3 N–H and O–H groups in total. The molecule has 0 spiro atoms. The summed E-state index contributed by atoms with van der Waals surface area (Å²) in [5.74, 6) is -0.486. The number of nitrogens with two attached hydrogens (primary N) is 1. The summed E-state index contributed by atoms with van der Waals surface area (Å²) in [6, 6.07) is 1.53. The maximum absolute atomic E-state index is 10.5. The van der Waals surface area contributed by atoms with Gasteiger partial charge in [0.2, 0.25) is 5.91 Å². The smallest absolute Gasteiger partial charge is 0.223 e. The second-order valence-corrected chi connectivity index (χ2v) is 3.51. The number of halogens is 1. The molecule has 1 aromatic rings. The Morgan fingerprint density at radius 3 is 2.92 bits per heavy atom. The molecule has 4 nitrogen and oxygen atoms in total. The minimum atomic E-state index is -0.501. The van der Waals surface area contributed by atoms with Gasteiger partial charge < -0.3 is 10.8 Å². The van der Waals surface area contributed by atoms with Crippen molar-refractivity contribution in [1.82, 2.24) is 4.98 Å². The lowest BCUT2D eigenvalue weighted by molar-refractivity contribution is -0.117. The van der Waals surface area contributed by atoms with Gasteiger partial charge in [0.05, 0.1) is 12.1 Å². The number of hydrogen-bond donors (Lipinski definition) is 2. The summed E-state index contributed by atoms with van der Waals surface area (Å²) in [6.45, 7) is 0. The fraction of sp³-hybridized carbons (Fsp3) is 0.143. The predicted molar refractivity (Wildman–Crippen MR) is 51.5 cm³/mol. The van der Waals surface area contributed by atoms with Crippen molar-refractivity contribution < 1.29 is 9.90 Å². The molecular weight excluding hydrogens is 271 g/mol. The molecule has 5 heteroatoms. The normalized spacial score (nSPS) is 9.75. The number of carbonyl (C=O) groups is 1. The van der Waals surface area contributed by atoms with Crippen molar-refractivity contribution in [2.24, 2.45) is 5.73 Å². The highest BCUT2D eigenvalue weighted by atomic mass is 127. The molecule has 0 aliphatic rings. The summed E-state index contributed by atoms with van der Waals surface area (Å²) in [4.78, 5) is 14.3. The first-order chi connectivity index (χ1) is 5.59. The van der Waals surface area contributed by atoms with Crippen LogP contribution in [0.1, 0.15) is 5.69 Å². The third kappa shape index (κ3) is 2.33. The highest BCUT2D eigenvalue weighted by Gasteiger charge is 2.05. The molecule has 0 fully saturated rings. The lowest BCUT2D eigenvalue weighted by Crippen LogP contribution is -2.14. The van der Waals surface area contributed by atoms with Crippen molar-refractivity contribution in [3.63, 3.8) is 0 Å². The molecule has 0 bridgehead atoms. The largest absolute Gasteiger partial charge is 0.506 e. The molecule has 0 aliphatic heterocycles. The quantitative estimate of drug-likeness (QED) is 0.770. The van der Waals surface area contributed by atoms with Gasteiger partial charge in [-0.2, -0.15) is 0 Å². The fourth-order valence-corrected chi connectivity index (χ4v) is 1.19. The van der Waals surface area contributed by atoms with Crippen LogP contribution in [0, 0.1) is 3.57 Å². The molecule has 0 aromatic carbocycles. The van der Waals surface area contributed by atoms with Crippen molar-refractivity contribution >= 4 is 28.5 Å². The molecular formula is C7H7IN2O2. The van der Waals surface area contributed by atoms with Crippen molar-refractivity contribution in [2.75, 3.05) is 0 Å². The van der Waals surface area contributed by atoms with Gasteiger partial charge in [-0.05, 0) is 28.7 Å². The number of rotatable bonds is 2. The maximum Gasteiger partial charge on any atom is 0.223 e. The molecule has 12 heavy (non-hydrogen) atoms. The predicted octanol–water partition coefficient (Wildman–Crippen LogP) is 0.420. The molecule has 0 aliphatic carbocycles. The molecule has 0 atom stereocenters. The van der Waals surface area contributed by atoms with Gasteiger partial charge in [-0.3, -0.25) is 9.78 Å². The van der Waals surface area contributed by atoms with Crippen molar-refractivity contribution in [3.8, 4) is 5.75 Å². The zero-order valence-electron chi connectivity index (χ0n) is 6.12. The van der Waals surface area contributed by atoms with E-state index in [0.717, 1.165) is 3.57 Å². The summed E-state index contributed by atoms with van der Waals surface area (Å²) in [5, 5.41) is 9.27. The van der Waals surface area contributed by atoms with Gasteiger partial charge in [0, 0.05) is 9.77 Å². The van der Waals surface area contributed by atoms with Gasteiger partial charge in [0.15, 0.2) is 0 Å². The van der Waals surface area contributed by atoms with E-state index < -0.39 is 5.91 Å². The van der Waals surface area contributed by atoms with Crippen LogP contribution in [0.25, 0.3) is 0 Å². The van der Waals surface area contributed by atoms with Crippen LogP contribution in [0.5, 0.6) is 5.75 Å². The number of aromatic nitrogens is 1. The van der Waals surface area contributed by atoms with E-state index in [1.807, 2.05) is 22.6 Å². The van der Waals surface area contributed by atoms with Crippen LogP contribution in [0.3, 0.4) is 0 Å². The highest BCUT2D eigenvalue weighted by Crippen LogP contribution is 2.17. The Morgan fingerprint density at radius 1 is 1.75 bits per heavy atom. The Morgan fingerprint density at radius 2 is 2.42 bits per heavy atom. The van der Waals surface area contributed by atoms with Gasteiger partial charge in [0.1, 0.15) is 5.75 Å². The second kappa shape index (κ2) is 3.70. The average Bonchev–Trinajstić information content (AvgIpc) is 1.94. The summed E-state index contributed by atoms with van der Waals surface area (Å²) in [6.07, 6.45) is 1.54. The van der Waals surface area contributed by atoms with Crippen molar-refractivity contribution in [1.29, 1.82) is 0 Å². The third-order valence-electron chi connectivity index (χ3n) is 1.26. The molecule has 0 radical (unpaired) electrons. The van der Waals surface area contributed by atoms with Crippen LogP contribution < -0.4 is 5.73 Å². The lowest BCUT2D eigenvalue weighted by atomic mass is 10.2. The van der Waals surface area contributed by atoms with Crippen molar-refractivity contribution in [3.05, 3.63) is 21.5 Å². The number of carbonyl (C=O) groups excluding carboxylic acids is 1. The van der Waals surface area contributed by atoms with Gasteiger partial charge >= 0.3 is 0 Å². The minimum absolute atomic E-state index is 0.0145. The number of pyridine rings is 1. The first-order valence-electron chi connectivity index (χ1n) is 3.21. The number of primary amides is 1. The Kier molecular flexibility index (Phi) is 2.85. The molecule has 64 valence electrons. The Balaban J connectivity index is 2.93. The fourth-order valence-electron chi connectivity index (χ4n) is 0.758. The molecule has 0 saturated carbocycles. The van der Waals surface area contributed by atoms with Crippen LogP contribution in [-0.4, -0.2) is 16.0 Å². The monoisotopic (exact) mass is 278 g/mol. The van der Waals surface area contributed by atoms with E-state index in [2.05, 4.69) is 4.98 Å². The molecule has 0 unspecified atom stereocenters. The van der Waals surface area contributed by atoms with Crippen LogP contribution >= 0.6 is 22.6 Å². The van der Waals surface area contributed by atoms with E-state index in [9.17, 15) is 9.90 Å². The lowest BCUT2D eigenvalue weighted by Gasteiger charge is -2.00. The van der Waals surface area contributed by atoms with Gasteiger partial charge in [-0.15, -0.1) is 0 Å². The summed E-state index contributed by atoms with van der Waals surface area (Å²) in [5.41, 5.74) is 5.26. The Bertz CT molecular complexity index is 314. The SMILES string of the molecule is NC(=O)Cc1ncc(I)cc1O. The minimum Gasteiger partial charge on any atom is -0.506 e. The Labute approximate surface area is 82.9 Å². The number of hydrogen-bond acceptors (Lipinski definition) is 3. The number of nitrogens with zero attached hydrogens (tertiary/aromatic N) is 1. The Hall–Kier alpha value is -0.850.